The Kier molecular flexibility index (Phi) is 9.26. The highest BCUT2D eigenvalue weighted by atomic mass is 32.2. The molecule has 0 bridgehead atoms. The molecule has 48 heavy (non-hydrogen) atoms. The lowest BCUT2D eigenvalue weighted by Crippen LogP contribution is -2.31. The van der Waals surface area contributed by atoms with Crippen LogP contribution in [0.2, 0.25) is 0 Å². The van der Waals surface area contributed by atoms with Crippen LogP contribution in [0.25, 0.3) is 6.08 Å². The van der Waals surface area contributed by atoms with Crippen LogP contribution in [0, 0.1) is 0 Å². The fourth-order valence-corrected chi connectivity index (χ4v) is 6.28. The summed E-state index contributed by atoms with van der Waals surface area (Å²) in [5, 5.41) is 4.85. The Morgan fingerprint density at radius 1 is 0.917 bits per heavy atom. The molecule has 0 unspecified atom stereocenters. The van der Waals surface area contributed by atoms with Crippen molar-refractivity contribution in [2.45, 2.75) is 23.5 Å². The first-order chi connectivity index (χ1) is 23.2. The van der Waals surface area contributed by atoms with Gasteiger partial charge in [0.1, 0.15) is 5.70 Å². The Hall–Kier alpha value is -5.88. The first kappa shape index (κ1) is 32.1. The lowest BCUT2D eigenvalue weighted by atomic mass is 10.1. The number of ketones is 1. The van der Waals surface area contributed by atoms with Crippen LogP contribution in [0.15, 0.2) is 102 Å². The van der Waals surface area contributed by atoms with Gasteiger partial charge in [-0.15, -0.1) is 11.8 Å². The second-order valence-electron chi connectivity index (χ2n) is 10.8. The lowest BCUT2D eigenvalue weighted by Gasteiger charge is -2.15. The number of rotatable bonds is 10. The van der Waals surface area contributed by atoms with Crippen molar-refractivity contribution in [1.82, 2.24) is 5.32 Å². The number of ether oxygens (including phenoxy) is 3. The van der Waals surface area contributed by atoms with Crippen molar-refractivity contribution in [2.75, 3.05) is 24.1 Å². The molecule has 0 radical (unpaired) electrons. The summed E-state index contributed by atoms with van der Waals surface area (Å²) in [4.78, 5) is 66.3. The SMILES string of the molecule is COc1cc(/C=C(\NC(=O)c2ccccc2)C(=O)Nc2cccc(S[C@@H]3CC(=O)N(c4ccc(C(C)=O)cc4)C3=O)c2)cc2c1OCO2. The second kappa shape index (κ2) is 13.9. The highest BCUT2D eigenvalue weighted by molar-refractivity contribution is 8.00. The molecule has 4 aromatic carbocycles. The van der Waals surface area contributed by atoms with E-state index in [9.17, 15) is 24.0 Å². The van der Waals surface area contributed by atoms with E-state index in [4.69, 9.17) is 14.2 Å². The number of nitrogens with zero attached hydrogens (tertiary/aromatic N) is 1. The van der Waals surface area contributed by atoms with Crippen molar-refractivity contribution >= 4 is 58.6 Å². The molecule has 0 aliphatic carbocycles. The fraction of sp³-hybridized carbons (Fsp3) is 0.139. The van der Waals surface area contributed by atoms with Gasteiger partial charge in [0.25, 0.3) is 11.8 Å². The molecule has 12 heteroatoms. The molecule has 1 atom stereocenters. The number of nitrogens with one attached hydrogen (secondary N) is 2. The van der Waals surface area contributed by atoms with Crippen LogP contribution < -0.4 is 29.7 Å². The summed E-state index contributed by atoms with van der Waals surface area (Å²) < 4.78 is 16.4. The van der Waals surface area contributed by atoms with Crippen LogP contribution in [0.3, 0.4) is 0 Å². The predicted octanol–water partition coefficient (Wildman–Crippen LogP) is 5.46. The number of anilines is 2. The van der Waals surface area contributed by atoms with Crippen molar-refractivity contribution < 1.29 is 38.2 Å². The summed E-state index contributed by atoms with van der Waals surface area (Å²) in [5.41, 5.74) is 2.11. The third-order valence-electron chi connectivity index (χ3n) is 7.53. The molecule has 0 aromatic heterocycles. The van der Waals surface area contributed by atoms with Gasteiger partial charge in [0, 0.05) is 28.1 Å². The molecule has 0 spiro atoms. The molecule has 6 rings (SSSR count). The van der Waals surface area contributed by atoms with Gasteiger partial charge in [-0.2, -0.15) is 0 Å². The number of amides is 4. The lowest BCUT2D eigenvalue weighted by molar-refractivity contribution is -0.121. The van der Waals surface area contributed by atoms with E-state index in [1.54, 1.807) is 91.0 Å². The first-order valence-corrected chi connectivity index (χ1v) is 15.7. The summed E-state index contributed by atoms with van der Waals surface area (Å²) in [6.07, 6.45) is 1.49. The van der Waals surface area contributed by atoms with E-state index in [-0.39, 0.29) is 36.5 Å². The van der Waals surface area contributed by atoms with Crippen LogP contribution in [0.4, 0.5) is 11.4 Å². The molecular weight excluding hydrogens is 634 g/mol. The quantitative estimate of drug-likeness (QED) is 0.129. The number of hydrogen-bond acceptors (Lipinski definition) is 9. The topological polar surface area (TPSA) is 140 Å². The van der Waals surface area contributed by atoms with E-state index in [2.05, 4.69) is 10.6 Å². The Morgan fingerprint density at radius 2 is 1.69 bits per heavy atom. The minimum absolute atomic E-state index is 0.00799. The molecular formula is C36H29N3O8S. The maximum Gasteiger partial charge on any atom is 0.272 e. The predicted molar refractivity (Wildman–Crippen MR) is 179 cm³/mol. The maximum absolute atomic E-state index is 13.7. The number of carbonyl (C=O) groups is 5. The number of carbonyl (C=O) groups excluding carboxylic acids is 5. The number of hydrogen-bond donors (Lipinski definition) is 2. The molecule has 2 heterocycles. The van der Waals surface area contributed by atoms with Gasteiger partial charge in [0.15, 0.2) is 17.3 Å². The van der Waals surface area contributed by atoms with Crippen LogP contribution >= 0.6 is 11.8 Å². The van der Waals surface area contributed by atoms with E-state index >= 15 is 0 Å². The van der Waals surface area contributed by atoms with Gasteiger partial charge < -0.3 is 24.8 Å². The van der Waals surface area contributed by atoms with Crippen LogP contribution in [-0.4, -0.2) is 48.6 Å². The van der Waals surface area contributed by atoms with E-state index in [1.807, 2.05) is 0 Å². The number of benzene rings is 4. The minimum atomic E-state index is -0.683. The van der Waals surface area contributed by atoms with Crippen LogP contribution in [-0.2, 0) is 14.4 Å². The number of thioether (sulfide) groups is 1. The van der Waals surface area contributed by atoms with E-state index in [0.29, 0.717) is 50.2 Å². The fourth-order valence-electron chi connectivity index (χ4n) is 5.16. The molecule has 1 saturated heterocycles. The van der Waals surface area contributed by atoms with Crippen LogP contribution in [0.5, 0.6) is 17.2 Å². The van der Waals surface area contributed by atoms with E-state index < -0.39 is 17.1 Å². The molecule has 242 valence electrons. The van der Waals surface area contributed by atoms with E-state index in [1.165, 1.54) is 31.9 Å². The maximum atomic E-state index is 13.7. The van der Waals surface area contributed by atoms with Gasteiger partial charge in [0.05, 0.1) is 18.0 Å². The number of Topliss-reactive ketones (excluding diaryl/α,β-unsaturated/α-hetero) is 1. The zero-order valence-electron chi connectivity index (χ0n) is 25.9. The monoisotopic (exact) mass is 663 g/mol. The summed E-state index contributed by atoms with van der Waals surface area (Å²) in [5.74, 6) is -0.642. The largest absolute Gasteiger partial charge is 0.493 e. The highest BCUT2D eigenvalue weighted by Gasteiger charge is 2.40. The molecule has 4 aromatic rings. The number of imide groups is 1. The van der Waals surface area contributed by atoms with Crippen molar-refractivity contribution in [3.63, 3.8) is 0 Å². The van der Waals surface area contributed by atoms with Crippen LogP contribution in [0.1, 0.15) is 39.6 Å². The van der Waals surface area contributed by atoms with Crippen molar-refractivity contribution in [2.24, 2.45) is 0 Å². The Bertz CT molecular complexity index is 1960. The zero-order valence-corrected chi connectivity index (χ0v) is 26.7. The highest BCUT2D eigenvalue weighted by Crippen LogP contribution is 2.42. The van der Waals surface area contributed by atoms with Gasteiger partial charge in [-0.25, -0.2) is 4.90 Å². The summed E-state index contributed by atoms with van der Waals surface area (Å²) >= 11 is 1.20. The van der Waals surface area contributed by atoms with Gasteiger partial charge in [-0.05, 0) is 85.3 Å². The first-order valence-electron chi connectivity index (χ1n) is 14.8. The van der Waals surface area contributed by atoms with E-state index in [0.717, 1.165) is 4.90 Å². The second-order valence-corrected chi connectivity index (χ2v) is 12.1. The third-order valence-corrected chi connectivity index (χ3v) is 8.71. The van der Waals surface area contributed by atoms with Gasteiger partial charge in [0.2, 0.25) is 24.4 Å². The Balaban J connectivity index is 1.21. The number of fused-ring (bicyclic) bond motifs is 1. The summed E-state index contributed by atoms with van der Waals surface area (Å²) in [6, 6.07) is 25.0. The number of methoxy groups -OCH3 is 1. The smallest absolute Gasteiger partial charge is 0.272 e. The molecule has 2 aliphatic heterocycles. The zero-order chi connectivity index (χ0) is 33.8. The minimum Gasteiger partial charge on any atom is -0.493 e. The Morgan fingerprint density at radius 3 is 2.42 bits per heavy atom. The average molecular weight is 664 g/mol. The van der Waals surface area contributed by atoms with Gasteiger partial charge in [-0.1, -0.05) is 24.3 Å². The molecule has 1 fully saturated rings. The third kappa shape index (κ3) is 6.93. The summed E-state index contributed by atoms with van der Waals surface area (Å²) in [7, 11) is 1.49. The molecule has 0 saturated carbocycles. The molecule has 11 nitrogen and oxygen atoms in total. The standard InChI is InChI=1S/C36H29N3O8S/c1-21(40)23-11-13-26(14-12-23)39-32(41)19-31(36(39)44)48-27-10-6-9-25(18-27)37-35(43)28(38-34(42)24-7-4-3-5-8-24)15-22-16-29(45-2)33-30(17-22)46-20-47-33/h3-18,31H,19-20H2,1-2H3,(H,37,43)(H,38,42)/b28-15-/t31-/m1/s1. The molecule has 4 amide bonds. The van der Waals surface area contributed by atoms with Gasteiger partial charge >= 0.3 is 0 Å². The van der Waals surface area contributed by atoms with Gasteiger partial charge in [-0.3, -0.25) is 24.0 Å². The van der Waals surface area contributed by atoms with Crippen molar-refractivity contribution in [1.29, 1.82) is 0 Å². The van der Waals surface area contributed by atoms with Crippen molar-refractivity contribution in [3.05, 3.63) is 113 Å². The molecule has 2 aliphatic rings. The summed E-state index contributed by atoms with van der Waals surface area (Å²) in [6.45, 7) is 1.47. The average Bonchev–Trinajstić information content (AvgIpc) is 3.67. The molecule has 2 N–H and O–H groups in total. The van der Waals surface area contributed by atoms with Crippen molar-refractivity contribution in [3.8, 4) is 17.2 Å². The Labute approximate surface area is 279 Å². The normalized spacial score (nSPS) is 15.3.